The van der Waals surface area contributed by atoms with Gasteiger partial charge in [-0.1, -0.05) is 0 Å². The number of rotatable bonds is 4. The molecule has 4 aromatic heterocycles. The molecule has 0 spiro atoms. The molecule has 140 valence electrons. The van der Waals surface area contributed by atoms with Gasteiger partial charge in [-0.3, -0.25) is 4.98 Å². The molecule has 1 fully saturated rings. The smallest absolute Gasteiger partial charge is 0.225 e. The van der Waals surface area contributed by atoms with Crippen molar-refractivity contribution in [3.8, 4) is 11.4 Å². The van der Waals surface area contributed by atoms with Crippen LogP contribution in [0, 0.1) is 0 Å². The van der Waals surface area contributed by atoms with E-state index in [2.05, 4.69) is 50.9 Å². The third-order valence-electron chi connectivity index (χ3n) is 4.82. The Morgan fingerprint density at radius 3 is 2.64 bits per heavy atom. The van der Waals surface area contributed by atoms with Crippen molar-refractivity contribution in [3.63, 3.8) is 0 Å². The maximum absolute atomic E-state index is 4.75. The summed E-state index contributed by atoms with van der Waals surface area (Å²) in [7, 11) is 2.02. The van der Waals surface area contributed by atoms with Gasteiger partial charge in [-0.2, -0.15) is 4.52 Å². The summed E-state index contributed by atoms with van der Waals surface area (Å²) >= 11 is 3.37. The Bertz CT molecular complexity index is 1110. The van der Waals surface area contributed by atoms with Crippen molar-refractivity contribution in [1.29, 1.82) is 0 Å². The van der Waals surface area contributed by atoms with Gasteiger partial charge in [-0.25, -0.2) is 9.97 Å². The molecule has 1 aliphatic rings. The Morgan fingerprint density at radius 1 is 1.07 bits per heavy atom. The van der Waals surface area contributed by atoms with Crippen LogP contribution in [0.3, 0.4) is 0 Å². The van der Waals surface area contributed by atoms with Crippen LogP contribution in [-0.4, -0.2) is 60.9 Å². The molecule has 0 saturated carbocycles. The van der Waals surface area contributed by atoms with E-state index in [1.165, 1.54) is 0 Å². The highest BCUT2D eigenvalue weighted by Crippen LogP contribution is 2.25. The summed E-state index contributed by atoms with van der Waals surface area (Å²) in [5.41, 5.74) is 1.59. The van der Waals surface area contributed by atoms with Crippen molar-refractivity contribution in [2.24, 2.45) is 0 Å². The fourth-order valence-electron chi connectivity index (χ4n) is 3.16. The van der Waals surface area contributed by atoms with Crippen molar-refractivity contribution in [2.45, 2.75) is 6.04 Å². The molecule has 0 radical (unpaired) electrons. The van der Waals surface area contributed by atoms with Gasteiger partial charge in [0.1, 0.15) is 5.82 Å². The minimum atomic E-state index is 0.331. The average molecular weight is 438 g/mol. The highest BCUT2D eigenvalue weighted by Gasteiger charge is 2.32. The molecule has 0 amide bonds. The van der Waals surface area contributed by atoms with Crippen molar-refractivity contribution in [2.75, 3.05) is 29.9 Å². The van der Waals surface area contributed by atoms with Gasteiger partial charge in [0.05, 0.1) is 10.5 Å². The summed E-state index contributed by atoms with van der Waals surface area (Å²) in [6.45, 7) is 1.69. The van der Waals surface area contributed by atoms with Crippen molar-refractivity contribution >= 4 is 33.3 Å². The third-order valence-corrected chi connectivity index (χ3v) is 5.23. The number of pyridine rings is 1. The molecule has 0 aromatic carbocycles. The number of aromatic nitrogens is 7. The first-order valence-electron chi connectivity index (χ1n) is 8.77. The fourth-order valence-corrected chi connectivity index (χ4v) is 3.37. The summed E-state index contributed by atoms with van der Waals surface area (Å²) in [6.07, 6.45) is 7.02. The molecule has 5 heterocycles. The second-order valence-corrected chi connectivity index (χ2v) is 7.51. The Labute approximate surface area is 169 Å². The Balaban J connectivity index is 1.36. The Kier molecular flexibility index (Phi) is 4.12. The maximum atomic E-state index is 4.75. The zero-order valence-corrected chi connectivity index (χ0v) is 16.6. The highest BCUT2D eigenvalue weighted by atomic mass is 79.9. The monoisotopic (exact) mass is 437 g/mol. The summed E-state index contributed by atoms with van der Waals surface area (Å²) in [5, 5.41) is 13.2. The second kappa shape index (κ2) is 6.79. The van der Waals surface area contributed by atoms with Crippen LogP contribution in [-0.2, 0) is 0 Å². The Hall–Kier alpha value is -3.14. The van der Waals surface area contributed by atoms with Gasteiger partial charge >= 0.3 is 0 Å². The van der Waals surface area contributed by atoms with Crippen LogP contribution in [0.25, 0.3) is 17.0 Å². The lowest BCUT2D eigenvalue weighted by Gasteiger charge is -2.44. The van der Waals surface area contributed by atoms with E-state index < -0.39 is 0 Å². The zero-order valence-electron chi connectivity index (χ0n) is 15.0. The third kappa shape index (κ3) is 2.95. The molecule has 0 bridgehead atoms. The Morgan fingerprint density at radius 2 is 1.89 bits per heavy atom. The minimum absolute atomic E-state index is 0.331. The summed E-state index contributed by atoms with van der Waals surface area (Å²) in [6, 6.07) is 8.07. The van der Waals surface area contributed by atoms with Gasteiger partial charge in [0, 0.05) is 50.5 Å². The van der Waals surface area contributed by atoms with Gasteiger partial charge in [-0.05, 0) is 40.2 Å². The molecule has 0 unspecified atom stereocenters. The number of anilines is 2. The van der Waals surface area contributed by atoms with Crippen LogP contribution >= 0.6 is 15.9 Å². The van der Waals surface area contributed by atoms with Crippen LogP contribution in [0.2, 0.25) is 0 Å². The van der Waals surface area contributed by atoms with E-state index >= 15 is 0 Å². The predicted molar refractivity (Wildman–Crippen MR) is 108 cm³/mol. The van der Waals surface area contributed by atoms with E-state index in [0.717, 1.165) is 28.9 Å². The molecule has 10 heteroatoms. The van der Waals surface area contributed by atoms with Crippen LogP contribution in [0.5, 0.6) is 0 Å². The fraction of sp³-hybridized carbons (Fsp3) is 0.222. The SMILES string of the molecule is CN(c1ncc(Br)cn1)C1CN(c2ccc3nnc(-c4cccnc4)n3n2)C1. The number of likely N-dealkylation sites (N-methyl/N-ethyl adjacent to an activating group) is 1. The lowest BCUT2D eigenvalue weighted by molar-refractivity contribution is 0.484. The first kappa shape index (κ1) is 17.0. The molecule has 0 atom stereocenters. The second-order valence-electron chi connectivity index (χ2n) is 6.60. The molecule has 0 N–H and O–H groups in total. The van der Waals surface area contributed by atoms with Crippen molar-refractivity contribution in [1.82, 2.24) is 34.8 Å². The lowest BCUT2D eigenvalue weighted by atomic mass is 10.1. The molecule has 0 aliphatic carbocycles. The first-order valence-corrected chi connectivity index (χ1v) is 9.56. The quantitative estimate of drug-likeness (QED) is 0.479. The van der Waals surface area contributed by atoms with Crippen molar-refractivity contribution < 1.29 is 0 Å². The van der Waals surface area contributed by atoms with Gasteiger partial charge in [-0.15, -0.1) is 15.3 Å². The maximum Gasteiger partial charge on any atom is 0.225 e. The molecule has 1 saturated heterocycles. The molecule has 28 heavy (non-hydrogen) atoms. The van der Waals surface area contributed by atoms with E-state index in [1.54, 1.807) is 29.3 Å². The van der Waals surface area contributed by atoms with E-state index in [9.17, 15) is 0 Å². The number of hydrogen-bond donors (Lipinski definition) is 0. The average Bonchev–Trinajstić information content (AvgIpc) is 3.11. The summed E-state index contributed by atoms with van der Waals surface area (Å²) in [5.74, 6) is 2.29. The normalized spacial score (nSPS) is 14.3. The largest absolute Gasteiger partial charge is 0.351 e. The summed E-state index contributed by atoms with van der Waals surface area (Å²) in [4.78, 5) is 17.2. The van der Waals surface area contributed by atoms with Crippen molar-refractivity contribution in [3.05, 3.63) is 53.5 Å². The highest BCUT2D eigenvalue weighted by molar-refractivity contribution is 9.10. The molecule has 9 nitrogen and oxygen atoms in total. The molecule has 4 aromatic rings. The van der Waals surface area contributed by atoms with Gasteiger partial charge in [0.25, 0.3) is 0 Å². The number of hydrogen-bond acceptors (Lipinski definition) is 8. The van der Waals surface area contributed by atoms with Gasteiger partial charge in [0.2, 0.25) is 5.95 Å². The zero-order chi connectivity index (χ0) is 19.1. The minimum Gasteiger partial charge on any atom is -0.351 e. The van der Waals surface area contributed by atoms with Gasteiger partial charge < -0.3 is 9.80 Å². The van der Waals surface area contributed by atoms with Crippen LogP contribution in [0.15, 0.2) is 53.5 Å². The van der Waals surface area contributed by atoms with E-state index in [-0.39, 0.29) is 0 Å². The van der Waals surface area contributed by atoms with Crippen LogP contribution in [0.4, 0.5) is 11.8 Å². The van der Waals surface area contributed by atoms with E-state index in [4.69, 9.17) is 5.10 Å². The van der Waals surface area contributed by atoms with E-state index in [0.29, 0.717) is 23.5 Å². The lowest BCUT2D eigenvalue weighted by Crippen LogP contribution is -2.59. The standard InChI is InChI=1S/C18H16BrN9/c1-26(18-21-8-13(19)9-22-18)14-10-27(11-14)16-5-4-15-23-24-17(28(15)25-16)12-3-2-6-20-7-12/h2-9,14H,10-11H2,1H3. The summed E-state index contributed by atoms with van der Waals surface area (Å²) < 4.78 is 2.64. The first-order chi connectivity index (χ1) is 13.7. The molecule has 5 rings (SSSR count). The van der Waals surface area contributed by atoms with Crippen LogP contribution < -0.4 is 9.80 Å². The van der Waals surface area contributed by atoms with E-state index in [1.807, 2.05) is 31.3 Å². The van der Waals surface area contributed by atoms with Gasteiger partial charge in [0.15, 0.2) is 11.5 Å². The molecular formula is C18H16BrN9. The topological polar surface area (TPSA) is 88.2 Å². The number of nitrogens with zero attached hydrogens (tertiary/aromatic N) is 9. The predicted octanol–water partition coefficient (Wildman–Crippen LogP) is 2.06. The number of halogens is 1. The molecular weight excluding hydrogens is 422 g/mol. The van der Waals surface area contributed by atoms with Crippen LogP contribution in [0.1, 0.15) is 0 Å². The number of fused-ring (bicyclic) bond motifs is 1. The molecule has 1 aliphatic heterocycles.